The molecule has 2 fully saturated rings. The predicted octanol–water partition coefficient (Wildman–Crippen LogP) is 2.62. The molecular weight excluding hydrogens is 214 g/mol. The molecule has 17 heavy (non-hydrogen) atoms. The van der Waals surface area contributed by atoms with Crippen LogP contribution in [0.1, 0.15) is 46.5 Å². The number of nitrogens with one attached hydrogen (secondary N) is 1. The molecule has 96 valence electrons. The van der Waals surface area contributed by atoms with Crippen LogP contribution in [0.15, 0.2) is 11.8 Å². The number of allylic oxidation sites excluding steroid dienone is 1. The highest BCUT2D eigenvalue weighted by molar-refractivity contribution is 5.88. The Balaban J connectivity index is 2.11. The fourth-order valence-corrected chi connectivity index (χ4v) is 3.67. The third-order valence-corrected chi connectivity index (χ3v) is 5.11. The number of carbonyl (C=O) groups excluding carboxylic acids is 1. The average Bonchev–Trinajstić information content (AvgIpc) is 2.64. The molecule has 0 spiro atoms. The van der Waals surface area contributed by atoms with E-state index in [2.05, 4.69) is 19.2 Å². The van der Waals surface area contributed by atoms with E-state index in [9.17, 15) is 4.79 Å². The first-order chi connectivity index (χ1) is 7.91. The summed E-state index contributed by atoms with van der Waals surface area (Å²) in [5.41, 5.74) is 0.247. The summed E-state index contributed by atoms with van der Waals surface area (Å²) < 4.78 is 5.01. The summed E-state index contributed by atoms with van der Waals surface area (Å²) in [5, 5.41) is 3.24. The first-order valence-corrected chi connectivity index (χ1v) is 6.46. The second-order valence-electron chi connectivity index (χ2n) is 6.03. The van der Waals surface area contributed by atoms with Gasteiger partial charge < -0.3 is 10.1 Å². The van der Waals surface area contributed by atoms with Crippen molar-refractivity contribution in [2.45, 2.75) is 52.0 Å². The zero-order valence-electron chi connectivity index (χ0n) is 11.3. The Morgan fingerprint density at radius 2 is 1.94 bits per heavy atom. The summed E-state index contributed by atoms with van der Waals surface area (Å²) in [4.78, 5) is 12.0. The lowest BCUT2D eigenvalue weighted by Gasteiger charge is -2.38. The maximum Gasteiger partial charge on any atom is 0.247 e. The van der Waals surface area contributed by atoms with Crippen LogP contribution in [0.2, 0.25) is 0 Å². The number of carbonyl (C=O) groups is 1. The van der Waals surface area contributed by atoms with Gasteiger partial charge in [0, 0.05) is 11.6 Å². The highest BCUT2D eigenvalue weighted by Crippen LogP contribution is 2.60. The smallest absolute Gasteiger partial charge is 0.247 e. The van der Waals surface area contributed by atoms with Crippen LogP contribution in [-0.2, 0) is 9.53 Å². The summed E-state index contributed by atoms with van der Waals surface area (Å²) in [5.74, 6) is 1.42. The van der Waals surface area contributed by atoms with Gasteiger partial charge in [0.15, 0.2) is 0 Å². The van der Waals surface area contributed by atoms with Gasteiger partial charge in [0.1, 0.15) is 0 Å². The fraction of sp³-hybridized carbons (Fsp3) is 0.786. The standard InChI is InChI=1S/C14H23NO2/c1-10(17-4)9-12(16)15-14-7-5-11(6-8-14)13(14,2)3/h9,11H,5-8H2,1-4H3,(H,15,16)/b10-9+. The van der Waals surface area contributed by atoms with Crippen LogP contribution >= 0.6 is 0 Å². The second kappa shape index (κ2) is 4.04. The molecule has 0 unspecified atom stereocenters. The minimum atomic E-state index is -0.0139. The lowest BCUT2D eigenvalue weighted by Crippen LogP contribution is -2.52. The zero-order chi connectivity index (χ0) is 12.7. The molecule has 0 heterocycles. The Labute approximate surface area is 104 Å². The van der Waals surface area contributed by atoms with Crippen LogP contribution < -0.4 is 5.32 Å². The molecule has 0 aromatic rings. The summed E-state index contributed by atoms with van der Waals surface area (Å²) in [6.07, 6.45) is 6.30. The Kier molecular flexibility index (Phi) is 2.96. The van der Waals surface area contributed by atoms with E-state index in [1.165, 1.54) is 12.8 Å². The van der Waals surface area contributed by atoms with Crippen LogP contribution in [0.3, 0.4) is 0 Å². The topological polar surface area (TPSA) is 38.3 Å². The molecule has 0 aromatic carbocycles. The van der Waals surface area contributed by atoms with Gasteiger partial charge in [-0.05, 0) is 43.9 Å². The van der Waals surface area contributed by atoms with Crippen LogP contribution in [-0.4, -0.2) is 18.6 Å². The zero-order valence-corrected chi connectivity index (χ0v) is 11.3. The first kappa shape index (κ1) is 12.5. The summed E-state index contributed by atoms with van der Waals surface area (Å²) >= 11 is 0. The highest BCUT2D eigenvalue weighted by Gasteiger charge is 2.59. The Morgan fingerprint density at radius 1 is 1.35 bits per heavy atom. The number of methoxy groups -OCH3 is 1. The second-order valence-corrected chi connectivity index (χ2v) is 6.03. The lowest BCUT2D eigenvalue weighted by atomic mass is 9.76. The van der Waals surface area contributed by atoms with E-state index in [0.29, 0.717) is 5.76 Å². The van der Waals surface area contributed by atoms with E-state index in [-0.39, 0.29) is 16.9 Å². The minimum absolute atomic E-state index is 0.0132. The molecule has 0 aromatic heterocycles. The van der Waals surface area contributed by atoms with E-state index in [1.54, 1.807) is 20.1 Å². The van der Waals surface area contributed by atoms with Crippen molar-refractivity contribution in [2.24, 2.45) is 11.3 Å². The SMILES string of the molecule is CO/C(C)=C/C(=O)NC12CCC(CC1)C2(C)C. The Morgan fingerprint density at radius 3 is 2.35 bits per heavy atom. The van der Waals surface area contributed by atoms with Crippen molar-refractivity contribution in [3.8, 4) is 0 Å². The monoisotopic (exact) mass is 237 g/mol. The van der Waals surface area contributed by atoms with Crippen molar-refractivity contribution in [1.82, 2.24) is 5.32 Å². The number of fused-ring (bicyclic) bond motifs is 2. The van der Waals surface area contributed by atoms with Crippen LogP contribution in [0.5, 0.6) is 0 Å². The Hall–Kier alpha value is -0.990. The summed E-state index contributed by atoms with van der Waals surface area (Å²) in [6, 6.07) is 0. The normalized spacial score (nSPS) is 34.8. The lowest BCUT2D eigenvalue weighted by molar-refractivity contribution is -0.119. The average molecular weight is 237 g/mol. The van der Waals surface area contributed by atoms with Crippen molar-refractivity contribution in [3.05, 3.63) is 11.8 Å². The molecule has 1 amide bonds. The van der Waals surface area contributed by atoms with Crippen LogP contribution in [0.25, 0.3) is 0 Å². The van der Waals surface area contributed by atoms with Gasteiger partial charge in [0.2, 0.25) is 5.91 Å². The van der Waals surface area contributed by atoms with Gasteiger partial charge in [-0.1, -0.05) is 13.8 Å². The van der Waals surface area contributed by atoms with Gasteiger partial charge in [-0.15, -0.1) is 0 Å². The van der Waals surface area contributed by atoms with E-state index in [1.807, 2.05) is 0 Å². The van der Waals surface area contributed by atoms with E-state index >= 15 is 0 Å². The van der Waals surface area contributed by atoms with E-state index in [0.717, 1.165) is 18.8 Å². The third kappa shape index (κ3) is 1.85. The maximum atomic E-state index is 12.0. The van der Waals surface area contributed by atoms with Gasteiger partial charge in [0.05, 0.1) is 12.9 Å². The van der Waals surface area contributed by atoms with Crippen molar-refractivity contribution in [1.29, 1.82) is 0 Å². The molecule has 2 aliphatic rings. The molecule has 0 aliphatic heterocycles. The van der Waals surface area contributed by atoms with Crippen LogP contribution in [0, 0.1) is 11.3 Å². The molecule has 2 saturated carbocycles. The molecule has 0 saturated heterocycles. The minimum Gasteiger partial charge on any atom is -0.501 e. The van der Waals surface area contributed by atoms with Gasteiger partial charge in [-0.25, -0.2) is 0 Å². The van der Waals surface area contributed by atoms with E-state index < -0.39 is 0 Å². The van der Waals surface area contributed by atoms with Crippen molar-refractivity contribution >= 4 is 5.91 Å². The predicted molar refractivity (Wildman–Crippen MR) is 67.4 cm³/mol. The number of amides is 1. The van der Waals surface area contributed by atoms with Gasteiger partial charge >= 0.3 is 0 Å². The van der Waals surface area contributed by atoms with Crippen molar-refractivity contribution in [3.63, 3.8) is 0 Å². The van der Waals surface area contributed by atoms with Crippen molar-refractivity contribution in [2.75, 3.05) is 7.11 Å². The number of hydrogen-bond donors (Lipinski definition) is 1. The molecule has 2 rings (SSSR count). The number of hydrogen-bond acceptors (Lipinski definition) is 2. The fourth-order valence-electron chi connectivity index (χ4n) is 3.67. The molecule has 0 atom stereocenters. The molecule has 1 N–H and O–H groups in total. The number of rotatable bonds is 3. The molecule has 3 heteroatoms. The first-order valence-electron chi connectivity index (χ1n) is 6.46. The maximum absolute atomic E-state index is 12.0. The third-order valence-electron chi connectivity index (χ3n) is 5.11. The van der Waals surface area contributed by atoms with Gasteiger partial charge in [-0.2, -0.15) is 0 Å². The number of ether oxygens (including phenoxy) is 1. The van der Waals surface area contributed by atoms with Crippen LogP contribution in [0.4, 0.5) is 0 Å². The quantitative estimate of drug-likeness (QED) is 0.605. The van der Waals surface area contributed by atoms with Crippen molar-refractivity contribution < 1.29 is 9.53 Å². The molecule has 0 radical (unpaired) electrons. The van der Waals surface area contributed by atoms with Gasteiger partial charge in [-0.3, -0.25) is 4.79 Å². The summed E-state index contributed by atoms with van der Waals surface area (Å²) in [6.45, 7) is 6.39. The highest BCUT2D eigenvalue weighted by atomic mass is 16.5. The molecule has 2 aliphatic carbocycles. The Bertz CT molecular complexity index is 349. The summed E-state index contributed by atoms with van der Waals surface area (Å²) in [7, 11) is 1.59. The molecule has 3 nitrogen and oxygen atoms in total. The molecular formula is C14H23NO2. The van der Waals surface area contributed by atoms with Gasteiger partial charge in [0.25, 0.3) is 0 Å². The van der Waals surface area contributed by atoms with E-state index in [4.69, 9.17) is 4.74 Å². The largest absolute Gasteiger partial charge is 0.501 e. The molecule has 2 bridgehead atoms.